The quantitative estimate of drug-likeness (QED) is 0.449. The molecule has 27 heavy (non-hydrogen) atoms. The molecular weight excluding hydrogens is 413 g/mol. The summed E-state index contributed by atoms with van der Waals surface area (Å²) in [5.41, 5.74) is 3.32. The number of ether oxygens (including phenoxy) is 1. The molecule has 0 unspecified atom stereocenters. The Hall–Kier alpha value is -2.43. The van der Waals surface area contributed by atoms with Crippen molar-refractivity contribution in [3.8, 4) is 0 Å². The Kier molecular flexibility index (Phi) is 6.94. The first-order chi connectivity index (χ1) is 12.8. The smallest absolute Gasteiger partial charge is 0.312 e. The molecule has 2 aromatic carbocycles. The fourth-order valence-corrected chi connectivity index (χ4v) is 3.23. The maximum atomic E-state index is 13.8. The van der Waals surface area contributed by atoms with Crippen molar-refractivity contribution < 1.29 is 18.7 Å². The molecule has 0 aromatic heterocycles. The Morgan fingerprint density at radius 3 is 2.56 bits per heavy atom. The standard InChI is InChI=1S/C21H21BrFNO3/c1-13(2)17-7-5-6-14(3)21(17)24(16(12-25)11-20(26)27-4)15-8-9-19(23)18(22)10-15/h5-10,13H,11H2,1-4H3. The Bertz CT molecular complexity index is 904. The molecule has 0 aliphatic rings. The first-order valence-electron chi connectivity index (χ1n) is 8.45. The van der Waals surface area contributed by atoms with Gasteiger partial charge in [-0.05, 0) is 58.1 Å². The van der Waals surface area contributed by atoms with Gasteiger partial charge in [-0.2, -0.15) is 0 Å². The second kappa shape index (κ2) is 8.98. The lowest BCUT2D eigenvalue weighted by Crippen LogP contribution is -2.22. The van der Waals surface area contributed by atoms with Crippen LogP contribution in [0.4, 0.5) is 15.8 Å². The lowest BCUT2D eigenvalue weighted by Gasteiger charge is -2.30. The Morgan fingerprint density at radius 1 is 1.30 bits per heavy atom. The molecule has 0 aliphatic heterocycles. The van der Waals surface area contributed by atoms with Gasteiger partial charge in [0.2, 0.25) is 0 Å². The summed E-state index contributed by atoms with van der Waals surface area (Å²) in [5.74, 6) is 1.06. The fraction of sp³-hybridized carbons (Fsp3) is 0.286. The van der Waals surface area contributed by atoms with Crippen LogP contribution in [-0.2, 0) is 14.3 Å². The number of benzene rings is 2. The SMILES string of the molecule is COC(=O)CC(=C=O)N(c1ccc(F)c(Br)c1)c1c(C)cccc1C(C)C. The molecule has 0 fully saturated rings. The van der Waals surface area contributed by atoms with Crippen LogP contribution in [0.15, 0.2) is 46.6 Å². The van der Waals surface area contributed by atoms with E-state index >= 15 is 0 Å². The Balaban J connectivity index is 2.76. The molecule has 0 saturated heterocycles. The largest absolute Gasteiger partial charge is 0.469 e. The van der Waals surface area contributed by atoms with Gasteiger partial charge in [-0.3, -0.25) is 4.79 Å². The molecule has 0 radical (unpaired) electrons. The number of rotatable bonds is 6. The summed E-state index contributed by atoms with van der Waals surface area (Å²) >= 11 is 3.19. The molecule has 0 atom stereocenters. The molecular formula is C21H21BrFNO3. The fourth-order valence-electron chi connectivity index (χ4n) is 2.87. The van der Waals surface area contributed by atoms with Crippen molar-refractivity contribution in [3.63, 3.8) is 0 Å². The van der Waals surface area contributed by atoms with E-state index in [1.165, 1.54) is 13.2 Å². The summed E-state index contributed by atoms with van der Waals surface area (Å²) in [6.45, 7) is 6.01. The van der Waals surface area contributed by atoms with Crippen molar-refractivity contribution >= 4 is 39.2 Å². The van der Waals surface area contributed by atoms with E-state index in [2.05, 4.69) is 15.9 Å². The van der Waals surface area contributed by atoms with Crippen molar-refractivity contribution in [2.45, 2.75) is 33.1 Å². The molecule has 0 aliphatic carbocycles. The number of carbonyl (C=O) groups is 1. The number of esters is 1. The number of hydrogen-bond donors (Lipinski definition) is 0. The first-order valence-corrected chi connectivity index (χ1v) is 9.24. The molecule has 0 saturated carbocycles. The zero-order valence-electron chi connectivity index (χ0n) is 15.7. The van der Waals surface area contributed by atoms with Gasteiger partial charge in [-0.1, -0.05) is 32.0 Å². The van der Waals surface area contributed by atoms with Crippen LogP contribution in [0.1, 0.15) is 37.3 Å². The normalized spacial score (nSPS) is 10.5. The molecule has 2 rings (SSSR count). The van der Waals surface area contributed by atoms with Gasteiger partial charge in [-0.15, -0.1) is 0 Å². The summed E-state index contributed by atoms with van der Waals surface area (Å²) in [7, 11) is 1.26. The van der Waals surface area contributed by atoms with Crippen molar-refractivity contribution in [1.29, 1.82) is 0 Å². The minimum absolute atomic E-state index is 0.0940. The molecule has 0 N–H and O–H groups in total. The highest BCUT2D eigenvalue weighted by atomic mass is 79.9. The van der Waals surface area contributed by atoms with E-state index < -0.39 is 11.8 Å². The molecule has 142 valence electrons. The summed E-state index contributed by atoms with van der Waals surface area (Å²) in [6, 6.07) is 10.3. The maximum Gasteiger partial charge on any atom is 0.312 e. The molecule has 0 heterocycles. The van der Waals surface area contributed by atoms with Crippen LogP contribution in [0.25, 0.3) is 0 Å². The third kappa shape index (κ3) is 4.65. The van der Waals surface area contributed by atoms with Crippen molar-refractivity contribution in [2.75, 3.05) is 12.0 Å². The maximum absolute atomic E-state index is 13.8. The second-order valence-electron chi connectivity index (χ2n) is 6.40. The van der Waals surface area contributed by atoms with Crippen molar-refractivity contribution in [3.05, 3.63) is 63.5 Å². The van der Waals surface area contributed by atoms with Crippen LogP contribution in [-0.4, -0.2) is 19.0 Å². The molecule has 0 amide bonds. The summed E-state index contributed by atoms with van der Waals surface area (Å²) in [5, 5.41) is 0. The molecule has 6 heteroatoms. The highest BCUT2D eigenvalue weighted by Gasteiger charge is 2.24. The predicted molar refractivity (Wildman–Crippen MR) is 107 cm³/mol. The summed E-state index contributed by atoms with van der Waals surface area (Å²) in [4.78, 5) is 25.3. The van der Waals surface area contributed by atoms with E-state index in [1.54, 1.807) is 17.0 Å². The molecule has 0 spiro atoms. The average Bonchev–Trinajstić information content (AvgIpc) is 2.64. The molecule has 0 bridgehead atoms. The minimum Gasteiger partial charge on any atom is -0.469 e. The Morgan fingerprint density at radius 2 is 2.00 bits per heavy atom. The highest BCUT2D eigenvalue weighted by molar-refractivity contribution is 9.10. The number of para-hydroxylation sites is 1. The third-order valence-electron chi connectivity index (χ3n) is 4.20. The van der Waals surface area contributed by atoms with Gasteiger partial charge in [0.1, 0.15) is 17.5 Å². The van der Waals surface area contributed by atoms with E-state index in [9.17, 15) is 14.0 Å². The predicted octanol–water partition coefficient (Wildman–Crippen LogP) is 5.44. The average molecular weight is 434 g/mol. The zero-order chi connectivity index (χ0) is 20.1. The van der Waals surface area contributed by atoms with E-state index in [-0.39, 0.29) is 22.5 Å². The highest BCUT2D eigenvalue weighted by Crippen LogP contribution is 2.39. The summed E-state index contributed by atoms with van der Waals surface area (Å²) in [6.07, 6.45) is -0.249. The number of anilines is 2. The number of hydrogen-bond acceptors (Lipinski definition) is 4. The van der Waals surface area contributed by atoms with E-state index in [4.69, 9.17) is 4.74 Å². The Labute approximate surface area is 166 Å². The molecule has 4 nitrogen and oxygen atoms in total. The zero-order valence-corrected chi connectivity index (χ0v) is 17.3. The summed E-state index contributed by atoms with van der Waals surface area (Å²) < 4.78 is 18.8. The number of halogens is 2. The van der Waals surface area contributed by atoms with Crippen LogP contribution in [0.2, 0.25) is 0 Å². The van der Waals surface area contributed by atoms with Gasteiger partial charge in [-0.25, -0.2) is 9.18 Å². The van der Waals surface area contributed by atoms with Gasteiger partial charge in [0.05, 0.1) is 23.7 Å². The second-order valence-corrected chi connectivity index (χ2v) is 7.26. The van der Waals surface area contributed by atoms with Crippen molar-refractivity contribution in [1.82, 2.24) is 0 Å². The third-order valence-corrected chi connectivity index (χ3v) is 4.81. The number of methoxy groups -OCH3 is 1. The van der Waals surface area contributed by atoms with Crippen LogP contribution in [0.5, 0.6) is 0 Å². The first kappa shape index (κ1) is 20.9. The number of aryl methyl sites for hydroxylation is 1. The lowest BCUT2D eigenvalue weighted by atomic mass is 9.96. The van der Waals surface area contributed by atoms with Gasteiger partial charge in [0.15, 0.2) is 0 Å². The topological polar surface area (TPSA) is 46.6 Å². The van der Waals surface area contributed by atoms with Gasteiger partial charge in [0.25, 0.3) is 0 Å². The van der Waals surface area contributed by atoms with E-state index in [0.717, 1.165) is 16.8 Å². The minimum atomic E-state index is -0.556. The van der Waals surface area contributed by atoms with E-state index in [1.807, 2.05) is 44.9 Å². The molecule has 2 aromatic rings. The van der Waals surface area contributed by atoms with Crippen LogP contribution in [0, 0.1) is 12.7 Å². The van der Waals surface area contributed by atoms with Gasteiger partial charge < -0.3 is 9.64 Å². The van der Waals surface area contributed by atoms with Gasteiger partial charge in [0, 0.05) is 5.69 Å². The number of carbonyl (C=O) groups excluding carboxylic acids is 2. The monoisotopic (exact) mass is 433 g/mol. The lowest BCUT2D eigenvalue weighted by molar-refractivity contribution is -0.139. The van der Waals surface area contributed by atoms with Gasteiger partial charge >= 0.3 is 5.97 Å². The van der Waals surface area contributed by atoms with Crippen LogP contribution >= 0.6 is 15.9 Å². The van der Waals surface area contributed by atoms with Crippen LogP contribution in [0.3, 0.4) is 0 Å². The van der Waals surface area contributed by atoms with Crippen molar-refractivity contribution in [2.24, 2.45) is 0 Å². The number of nitrogens with zero attached hydrogens (tertiary/aromatic N) is 1. The van der Waals surface area contributed by atoms with E-state index in [0.29, 0.717) is 5.69 Å². The van der Waals surface area contributed by atoms with Crippen LogP contribution < -0.4 is 4.90 Å².